The number of carbonyl (C=O) groups excluding carboxylic acids is 1. The molecule has 1 N–H and O–H groups in total. The molecular weight excluding hydrogens is 567 g/mol. The second kappa shape index (κ2) is 12.0. The maximum atomic E-state index is 13.4. The second-order valence-corrected chi connectivity index (χ2v) is 13.6. The standard InChI is InChI=1S/C27H32F3N3O5S2/c1-2-39(35,36)31-19-23-6-5-17-33(23)40(37,38)24-13-9-21(10-14-24)25(26(34)32-15-3-4-16-32)18-20-7-11-22(12-8-20)27(28,29)30/h2,7-14,23,25,31H,1,3-6,15-19H2/t23-,25?/m1/s1. The second-order valence-electron chi connectivity index (χ2n) is 10.0. The Bertz CT molecular complexity index is 1420. The fourth-order valence-electron chi connectivity index (χ4n) is 5.18. The van der Waals surface area contributed by atoms with Gasteiger partial charge in [0.15, 0.2) is 0 Å². The average molecular weight is 600 g/mol. The van der Waals surface area contributed by atoms with Gasteiger partial charge in [0, 0.05) is 37.6 Å². The van der Waals surface area contributed by atoms with Gasteiger partial charge >= 0.3 is 6.18 Å². The third-order valence-corrected chi connectivity index (χ3v) is 10.4. The molecule has 2 saturated heterocycles. The fraction of sp³-hybridized carbons (Fsp3) is 0.444. The third kappa shape index (κ3) is 6.93. The Morgan fingerprint density at radius 3 is 2.17 bits per heavy atom. The number of carbonyl (C=O) groups is 1. The summed E-state index contributed by atoms with van der Waals surface area (Å²) in [6.07, 6.45) is -1.48. The molecule has 0 aromatic heterocycles. The monoisotopic (exact) mass is 599 g/mol. The van der Waals surface area contributed by atoms with Crippen molar-refractivity contribution >= 4 is 26.0 Å². The van der Waals surface area contributed by atoms with E-state index in [0.29, 0.717) is 37.1 Å². The van der Waals surface area contributed by atoms with Crippen molar-refractivity contribution in [2.45, 2.75) is 55.1 Å². The Labute approximate surface area is 233 Å². The number of halogens is 3. The van der Waals surface area contributed by atoms with Crippen molar-refractivity contribution in [1.29, 1.82) is 0 Å². The van der Waals surface area contributed by atoms with Crippen LogP contribution in [0.1, 0.15) is 48.3 Å². The number of hydrogen-bond donors (Lipinski definition) is 1. The number of hydrogen-bond acceptors (Lipinski definition) is 5. The van der Waals surface area contributed by atoms with E-state index in [1.54, 1.807) is 17.0 Å². The molecule has 0 saturated carbocycles. The van der Waals surface area contributed by atoms with Gasteiger partial charge in [0.05, 0.1) is 16.4 Å². The lowest BCUT2D eigenvalue weighted by Gasteiger charge is -2.25. The lowest BCUT2D eigenvalue weighted by molar-refractivity contribution is -0.137. The fourth-order valence-corrected chi connectivity index (χ4v) is 7.41. The maximum Gasteiger partial charge on any atom is 0.416 e. The Kier molecular flexibility index (Phi) is 9.08. The van der Waals surface area contributed by atoms with Gasteiger partial charge < -0.3 is 4.90 Å². The summed E-state index contributed by atoms with van der Waals surface area (Å²) in [5, 5.41) is 0.768. The molecule has 13 heteroatoms. The van der Waals surface area contributed by atoms with Crippen molar-refractivity contribution < 1.29 is 34.8 Å². The molecule has 1 unspecified atom stereocenters. The van der Waals surface area contributed by atoms with Crippen LogP contribution in [0, 0.1) is 0 Å². The molecule has 218 valence electrons. The molecule has 2 atom stereocenters. The van der Waals surface area contributed by atoms with Gasteiger partial charge in [0.1, 0.15) is 0 Å². The van der Waals surface area contributed by atoms with Crippen molar-refractivity contribution in [3.8, 4) is 0 Å². The van der Waals surface area contributed by atoms with Crippen molar-refractivity contribution in [2.24, 2.45) is 0 Å². The van der Waals surface area contributed by atoms with Crippen LogP contribution < -0.4 is 4.72 Å². The number of rotatable bonds is 10. The van der Waals surface area contributed by atoms with Crippen LogP contribution in [0.4, 0.5) is 13.2 Å². The summed E-state index contributed by atoms with van der Waals surface area (Å²) in [4.78, 5) is 15.2. The minimum atomic E-state index is -4.46. The summed E-state index contributed by atoms with van der Waals surface area (Å²) in [5.74, 6) is -0.846. The van der Waals surface area contributed by atoms with Crippen molar-refractivity contribution in [3.05, 3.63) is 77.2 Å². The van der Waals surface area contributed by atoms with Gasteiger partial charge in [-0.1, -0.05) is 30.8 Å². The van der Waals surface area contributed by atoms with E-state index in [-0.39, 0.29) is 30.3 Å². The molecule has 0 bridgehead atoms. The number of sulfonamides is 2. The predicted molar refractivity (Wildman–Crippen MR) is 144 cm³/mol. The van der Waals surface area contributed by atoms with Gasteiger partial charge in [0.25, 0.3) is 0 Å². The van der Waals surface area contributed by atoms with E-state index in [1.165, 1.54) is 28.6 Å². The van der Waals surface area contributed by atoms with Gasteiger partial charge in [-0.15, -0.1) is 0 Å². The molecule has 40 heavy (non-hydrogen) atoms. The van der Waals surface area contributed by atoms with Crippen LogP contribution in [0.2, 0.25) is 0 Å². The van der Waals surface area contributed by atoms with Crippen LogP contribution in [-0.2, 0) is 37.4 Å². The third-order valence-electron chi connectivity index (χ3n) is 7.39. The summed E-state index contributed by atoms with van der Waals surface area (Å²) in [6, 6.07) is 10.1. The highest BCUT2D eigenvalue weighted by Crippen LogP contribution is 2.32. The van der Waals surface area contributed by atoms with Crippen molar-refractivity contribution in [2.75, 3.05) is 26.2 Å². The summed E-state index contributed by atoms with van der Waals surface area (Å²) in [6.45, 7) is 4.60. The molecule has 2 aliphatic heterocycles. The molecule has 0 aliphatic carbocycles. The summed E-state index contributed by atoms with van der Waals surface area (Å²) in [5.41, 5.74) is 0.349. The number of alkyl halides is 3. The zero-order chi connectivity index (χ0) is 29.1. The first-order chi connectivity index (χ1) is 18.8. The van der Waals surface area contributed by atoms with Crippen molar-refractivity contribution in [3.63, 3.8) is 0 Å². The lowest BCUT2D eigenvalue weighted by Crippen LogP contribution is -2.42. The van der Waals surface area contributed by atoms with Gasteiger partial charge in [-0.25, -0.2) is 21.6 Å². The zero-order valence-corrected chi connectivity index (χ0v) is 23.4. The molecule has 2 aliphatic rings. The molecule has 0 radical (unpaired) electrons. The normalized spacial score (nSPS) is 19.6. The molecule has 8 nitrogen and oxygen atoms in total. The van der Waals surface area contributed by atoms with Crippen LogP contribution in [0.3, 0.4) is 0 Å². The van der Waals surface area contributed by atoms with Gasteiger partial charge in [-0.2, -0.15) is 17.5 Å². The van der Waals surface area contributed by atoms with Crippen LogP contribution >= 0.6 is 0 Å². The van der Waals surface area contributed by atoms with E-state index in [0.717, 1.165) is 30.4 Å². The lowest BCUT2D eigenvalue weighted by atomic mass is 9.90. The Morgan fingerprint density at radius 1 is 0.975 bits per heavy atom. The highest BCUT2D eigenvalue weighted by Gasteiger charge is 2.36. The van der Waals surface area contributed by atoms with Crippen LogP contribution in [-0.4, -0.2) is 64.2 Å². The van der Waals surface area contributed by atoms with E-state index in [9.17, 15) is 34.8 Å². The van der Waals surface area contributed by atoms with E-state index in [2.05, 4.69) is 11.3 Å². The first-order valence-corrected chi connectivity index (χ1v) is 16.0. The maximum absolute atomic E-state index is 13.4. The highest BCUT2D eigenvalue weighted by molar-refractivity contribution is 7.92. The highest BCUT2D eigenvalue weighted by atomic mass is 32.2. The molecule has 0 spiro atoms. The number of nitrogens with zero attached hydrogens (tertiary/aromatic N) is 2. The molecule has 2 aromatic carbocycles. The quantitative estimate of drug-likeness (QED) is 0.447. The SMILES string of the molecule is C=CS(=O)(=O)NC[C@H]1CCCN1S(=O)(=O)c1ccc(C(Cc2ccc(C(F)(F)F)cc2)C(=O)N2CCCC2)cc1. The summed E-state index contributed by atoms with van der Waals surface area (Å²) in [7, 11) is -7.65. The Balaban J connectivity index is 1.56. The molecule has 2 aromatic rings. The molecule has 4 rings (SSSR count). The number of benzene rings is 2. The Morgan fingerprint density at radius 2 is 1.60 bits per heavy atom. The van der Waals surface area contributed by atoms with Gasteiger partial charge in [0.2, 0.25) is 26.0 Å². The predicted octanol–water partition coefficient (Wildman–Crippen LogP) is 3.87. The van der Waals surface area contributed by atoms with Gasteiger partial charge in [-0.05, 0) is 67.5 Å². The van der Waals surface area contributed by atoms with E-state index >= 15 is 0 Å². The largest absolute Gasteiger partial charge is 0.416 e. The van der Waals surface area contributed by atoms with E-state index in [4.69, 9.17) is 0 Å². The van der Waals surface area contributed by atoms with Crippen LogP contribution in [0.25, 0.3) is 0 Å². The number of likely N-dealkylation sites (tertiary alicyclic amines) is 1. The van der Waals surface area contributed by atoms with Crippen LogP contribution in [0.15, 0.2) is 65.4 Å². The molecule has 1 amide bonds. The van der Waals surface area contributed by atoms with Gasteiger partial charge in [-0.3, -0.25) is 4.79 Å². The summed E-state index contributed by atoms with van der Waals surface area (Å²) >= 11 is 0. The molecule has 2 fully saturated rings. The molecule has 2 heterocycles. The number of nitrogens with one attached hydrogen (secondary N) is 1. The Hall–Kier alpha value is -2.74. The summed E-state index contributed by atoms with van der Waals surface area (Å²) < 4.78 is 93.0. The molecular formula is C27H32F3N3O5S2. The van der Waals surface area contributed by atoms with Crippen molar-refractivity contribution in [1.82, 2.24) is 13.9 Å². The minimum Gasteiger partial charge on any atom is -0.342 e. The zero-order valence-electron chi connectivity index (χ0n) is 21.8. The topological polar surface area (TPSA) is 104 Å². The first-order valence-electron chi connectivity index (χ1n) is 13.0. The van der Waals surface area contributed by atoms with Crippen LogP contribution in [0.5, 0.6) is 0 Å². The van der Waals surface area contributed by atoms with E-state index < -0.39 is 43.7 Å². The van der Waals surface area contributed by atoms with E-state index in [1.807, 2.05) is 0 Å². The minimum absolute atomic E-state index is 0.0108. The number of amides is 1. The first kappa shape index (κ1) is 30.2. The smallest absolute Gasteiger partial charge is 0.342 e. The average Bonchev–Trinajstić information content (AvgIpc) is 3.63.